The number of aliphatic hydroxyl groups is 6. The first-order valence-corrected chi connectivity index (χ1v) is 10.0. The van der Waals surface area contributed by atoms with Gasteiger partial charge in [-0.1, -0.05) is 32.3 Å². The molecule has 6 N–H and O–H groups in total. The molecular weight excluding hydrogens is 388 g/mol. The SMILES string of the molecule is C=C[C@H](CCCCC)O[C@@H]1O[C@H](CO[C@@H]2OC[C@@H](O)[C@H](O)[C@H]2O)[C@@H](O)[C@H](O)[C@H]1O. The summed E-state index contributed by atoms with van der Waals surface area (Å²) in [7, 11) is 0. The fraction of sp³-hybridized carbons (Fsp3) is 0.895. The van der Waals surface area contributed by atoms with Gasteiger partial charge in [0.1, 0.15) is 42.7 Å². The van der Waals surface area contributed by atoms with Gasteiger partial charge in [-0.05, 0) is 6.42 Å². The van der Waals surface area contributed by atoms with E-state index in [2.05, 4.69) is 13.5 Å². The molecule has 2 saturated heterocycles. The van der Waals surface area contributed by atoms with Gasteiger partial charge < -0.3 is 49.6 Å². The number of ether oxygens (including phenoxy) is 4. The van der Waals surface area contributed by atoms with E-state index in [4.69, 9.17) is 18.9 Å². The standard InChI is InChI=1S/C19H34O10/c1-3-5-6-7-10(4-2)28-19-17(25)15(23)14(22)12(29-19)9-27-18-16(24)13(21)11(20)8-26-18/h4,10-25H,2-3,5-9H2,1H3/t10-,11-,12-,13+,14-,15+,16-,17-,18+,19-/m1/s1. The summed E-state index contributed by atoms with van der Waals surface area (Å²) in [5.74, 6) is 0. The van der Waals surface area contributed by atoms with E-state index < -0.39 is 61.4 Å². The molecule has 2 fully saturated rings. The predicted molar refractivity (Wildman–Crippen MR) is 99.6 cm³/mol. The van der Waals surface area contributed by atoms with Crippen molar-refractivity contribution in [2.24, 2.45) is 0 Å². The maximum Gasteiger partial charge on any atom is 0.187 e. The first-order chi connectivity index (χ1) is 13.8. The van der Waals surface area contributed by atoms with Crippen LogP contribution < -0.4 is 0 Å². The second-order valence-corrected chi connectivity index (χ2v) is 7.50. The average molecular weight is 422 g/mol. The smallest absolute Gasteiger partial charge is 0.187 e. The first-order valence-electron chi connectivity index (χ1n) is 10.0. The van der Waals surface area contributed by atoms with E-state index in [0.29, 0.717) is 6.42 Å². The van der Waals surface area contributed by atoms with Crippen LogP contribution in [0.3, 0.4) is 0 Å². The minimum Gasteiger partial charge on any atom is -0.388 e. The summed E-state index contributed by atoms with van der Waals surface area (Å²) in [5.41, 5.74) is 0. The van der Waals surface area contributed by atoms with Gasteiger partial charge in [-0.3, -0.25) is 0 Å². The Balaban J connectivity index is 1.93. The molecule has 0 aliphatic carbocycles. The molecule has 2 aliphatic heterocycles. The van der Waals surface area contributed by atoms with Crippen LogP contribution in [0.15, 0.2) is 12.7 Å². The number of hydrogen-bond acceptors (Lipinski definition) is 10. The Morgan fingerprint density at radius 2 is 1.66 bits per heavy atom. The summed E-state index contributed by atoms with van der Waals surface area (Å²) < 4.78 is 21.8. The third kappa shape index (κ3) is 6.41. The topological polar surface area (TPSA) is 158 Å². The lowest BCUT2D eigenvalue weighted by molar-refractivity contribution is -0.325. The summed E-state index contributed by atoms with van der Waals surface area (Å²) >= 11 is 0. The van der Waals surface area contributed by atoms with Crippen molar-refractivity contribution in [3.8, 4) is 0 Å². The van der Waals surface area contributed by atoms with Gasteiger partial charge in [0.25, 0.3) is 0 Å². The fourth-order valence-electron chi connectivity index (χ4n) is 3.29. The zero-order valence-electron chi connectivity index (χ0n) is 16.6. The lowest BCUT2D eigenvalue weighted by Crippen LogP contribution is -2.60. The van der Waals surface area contributed by atoms with Crippen LogP contribution in [0.4, 0.5) is 0 Å². The van der Waals surface area contributed by atoms with E-state index in [-0.39, 0.29) is 13.2 Å². The second kappa shape index (κ2) is 11.7. The molecule has 0 aromatic carbocycles. The highest BCUT2D eigenvalue weighted by Crippen LogP contribution is 2.26. The molecule has 2 aliphatic rings. The molecule has 10 atom stereocenters. The molecule has 0 aromatic rings. The van der Waals surface area contributed by atoms with Gasteiger partial charge in [-0.25, -0.2) is 0 Å². The lowest BCUT2D eigenvalue weighted by atomic mass is 9.99. The Bertz CT molecular complexity index is 492. The minimum atomic E-state index is -1.53. The van der Waals surface area contributed by atoms with Crippen molar-refractivity contribution >= 4 is 0 Å². The van der Waals surface area contributed by atoms with Crippen LogP contribution in [0, 0.1) is 0 Å². The van der Waals surface area contributed by atoms with E-state index in [9.17, 15) is 30.6 Å². The van der Waals surface area contributed by atoms with Gasteiger partial charge >= 0.3 is 0 Å². The fourth-order valence-corrected chi connectivity index (χ4v) is 3.29. The van der Waals surface area contributed by atoms with Crippen molar-refractivity contribution in [1.82, 2.24) is 0 Å². The largest absolute Gasteiger partial charge is 0.388 e. The highest BCUT2D eigenvalue weighted by Gasteiger charge is 2.46. The van der Waals surface area contributed by atoms with Crippen molar-refractivity contribution < 1.29 is 49.6 Å². The van der Waals surface area contributed by atoms with Crippen LogP contribution in [-0.2, 0) is 18.9 Å². The zero-order chi connectivity index (χ0) is 21.6. The van der Waals surface area contributed by atoms with Crippen molar-refractivity contribution in [2.45, 2.75) is 94.0 Å². The Hall–Kier alpha value is -0.660. The Morgan fingerprint density at radius 1 is 0.966 bits per heavy atom. The average Bonchev–Trinajstić information content (AvgIpc) is 2.71. The van der Waals surface area contributed by atoms with Crippen LogP contribution in [-0.4, -0.2) is 105 Å². The molecule has 0 saturated carbocycles. The molecule has 0 amide bonds. The summed E-state index contributed by atoms with van der Waals surface area (Å²) in [6, 6.07) is 0. The molecule has 0 bridgehead atoms. The molecule has 0 unspecified atom stereocenters. The van der Waals surface area contributed by atoms with E-state index in [1.165, 1.54) is 0 Å². The number of aliphatic hydroxyl groups excluding tert-OH is 6. The van der Waals surface area contributed by atoms with E-state index in [1.807, 2.05) is 0 Å². The molecule has 170 valence electrons. The summed E-state index contributed by atoms with van der Waals surface area (Å²) in [6.07, 6.45) is -7.36. The predicted octanol–water partition coefficient (Wildman–Crippen LogP) is -1.60. The van der Waals surface area contributed by atoms with E-state index in [0.717, 1.165) is 19.3 Å². The quantitative estimate of drug-likeness (QED) is 0.179. The van der Waals surface area contributed by atoms with Crippen LogP contribution in [0.2, 0.25) is 0 Å². The number of unbranched alkanes of at least 4 members (excludes halogenated alkanes) is 2. The van der Waals surface area contributed by atoms with Crippen molar-refractivity contribution in [2.75, 3.05) is 13.2 Å². The molecule has 0 spiro atoms. The van der Waals surface area contributed by atoms with Gasteiger partial charge in [-0.2, -0.15) is 0 Å². The highest BCUT2D eigenvalue weighted by atomic mass is 16.7. The zero-order valence-corrected chi connectivity index (χ0v) is 16.6. The van der Waals surface area contributed by atoms with Crippen molar-refractivity contribution in [3.05, 3.63) is 12.7 Å². The molecule has 29 heavy (non-hydrogen) atoms. The van der Waals surface area contributed by atoms with Crippen LogP contribution in [0.1, 0.15) is 32.6 Å². The van der Waals surface area contributed by atoms with Crippen LogP contribution in [0.5, 0.6) is 0 Å². The molecule has 2 rings (SSSR count). The van der Waals surface area contributed by atoms with Gasteiger partial charge in [0.05, 0.1) is 19.3 Å². The second-order valence-electron chi connectivity index (χ2n) is 7.50. The van der Waals surface area contributed by atoms with Crippen LogP contribution in [0.25, 0.3) is 0 Å². The van der Waals surface area contributed by atoms with Crippen LogP contribution >= 0.6 is 0 Å². The number of rotatable bonds is 10. The Morgan fingerprint density at radius 3 is 2.31 bits per heavy atom. The van der Waals surface area contributed by atoms with E-state index in [1.54, 1.807) is 6.08 Å². The lowest BCUT2D eigenvalue weighted by Gasteiger charge is -2.42. The molecule has 0 radical (unpaired) electrons. The Labute approximate surface area is 170 Å². The molecular formula is C19H34O10. The molecule has 10 nitrogen and oxygen atoms in total. The van der Waals surface area contributed by atoms with Gasteiger partial charge in [-0.15, -0.1) is 6.58 Å². The van der Waals surface area contributed by atoms with Gasteiger partial charge in [0, 0.05) is 0 Å². The minimum absolute atomic E-state index is 0.233. The summed E-state index contributed by atoms with van der Waals surface area (Å²) in [4.78, 5) is 0. The third-order valence-corrected chi connectivity index (χ3v) is 5.21. The highest BCUT2D eigenvalue weighted by molar-refractivity contribution is 4.91. The maximum atomic E-state index is 10.2. The van der Waals surface area contributed by atoms with E-state index >= 15 is 0 Å². The monoisotopic (exact) mass is 422 g/mol. The number of hydrogen-bond donors (Lipinski definition) is 6. The van der Waals surface area contributed by atoms with Crippen molar-refractivity contribution in [1.29, 1.82) is 0 Å². The van der Waals surface area contributed by atoms with Gasteiger partial charge in [0.15, 0.2) is 12.6 Å². The maximum absolute atomic E-state index is 10.2. The molecule has 0 aromatic heterocycles. The summed E-state index contributed by atoms with van der Waals surface area (Å²) in [5, 5.41) is 59.6. The molecule has 2 heterocycles. The van der Waals surface area contributed by atoms with Gasteiger partial charge in [0.2, 0.25) is 0 Å². The third-order valence-electron chi connectivity index (χ3n) is 5.21. The normalized spacial score (nSPS) is 41.8. The summed E-state index contributed by atoms with van der Waals surface area (Å²) in [6.45, 7) is 5.24. The first kappa shape index (κ1) is 24.6. The van der Waals surface area contributed by atoms with Crippen molar-refractivity contribution in [3.63, 3.8) is 0 Å². The molecule has 10 heteroatoms. The Kier molecular flexibility index (Phi) is 9.89.